The molecule has 0 saturated carbocycles. The number of nitrogens with one attached hydrogen (secondary N) is 1. The lowest BCUT2D eigenvalue weighted by atomic mass is 10.2. The first-order chi connectivity index (χ1) is 11.7. The van der Waals surface area contributed by atoms with Gasteiger partial charge in [-0.1, -0.05) is 6.92 Å². The smallest absolute Gasteiger partial charge is 0.230 e. The van der Waals surface area contributed by atoms with Crippen LogP contribution < -0.4 is 11.1 Å². The molecule has 136 valence electrons. The molecule has 2 atom stereocenters. The fourth-order valence-electron chi connectivity index (χ4n) is 1.88. The second kappa shape index (κ2) is 7.58. The van der Waals surface area contributed by atoms with E-state index in [4.69, 9.17) is 10.8 Å². The van der Waals surface area contributed by atoms with Crippen LogP contribution in [0.5, 0.6) is 0 Å². The molecule has 0 aliphatic carbocycles. The Morgan fingerprint density at radius 3 is 2.48 bits per heavy atom. The SMILES string of the molecule is CC(CO)C(=O)Nc1sc(S(=O)(=O)c2ccc(F)cc2)cc1C(N)O. The number of amides is 1. The van der Waals surface area contributed by atoms with Crippen LogP contribution in [-0.4, -0.2) is 31.1 Å². The summed E-state index contributed by atoms with van der Waals surface area (Å²) < 4.78 is 38.1. The lowest BCUT2D eigenvalue weighted by Gasteiger charge is -2.10. The molecule has 0 aliphatic heterocycles. The van der Waals surface area contributed by atoms with Crippen LogP contribution in [0.1, 0.15) is 18.7 Å². The average Bonchev–Trinajstić information content (AvgIpc) is 2.99. The molecule has 0 radical (unpaired) electrons. The molecule has 0 spiro atoms. The van der Waals surface area contributed by atoms with Crippen molar-refractivity contribution in [2.45, 2.75) is 22.3 Å². The minimum absolute atomic E-state index is 0.0316. The average molecular weight is 388 g/mol. The van der Waals surface area contributed by atoms with Crippen LogP contribution >= 0.6 is 11.3 Å². The first-order valence-corrected chi connectivity index (χ1v) is 9.46. The van der Waals surface area contributed by atoms with Crippen molar-refractivity contribution in [3.05, 3.63) is 41.7 Å². The van der Waals surface area contributed by atoms with Gasteiger partial charge in [-0.2, -0.15) is 0 Å². The van der Waals surface area contributed by atoms with Crippen LogP contribution in [0.3, 0.4) is 0 Å². The predicted molar refractivity (Wildman–Crippen MR) is 90.2 cm³/mol. The molecule has 2 rings (SSSR count). The fraction of sp³-hybridized carbons (Fsp3) is 0.267. The summed E-state index contributed by atoms with van der Waals surface area (Å²) in [6.45, 7) is 1.09. The van der Waals surface area contributed by atoms with Crippen LogP contribution in [-0.2, 0) is 14.6 Å². The third-order valence-corrected chi connectivity index (χ3v) is 6.71. The van der Waals surface area contributed by atoms with E-state index in [1.165, 1.54) is 6.92 Å². The highest BCUT2D eigenvalue weighted by molar-refractivity contribution is 7.93. The van der Waals surface area contributed by atoms with Crippen LogP contribution in [0.15, 0.2) is 39.4 Å². The van der Waals surface area contributed by atoms with Crippen molar-refractivity contribution in [2.24, 2.45) is 11.7 Å². The summed E-state index contributed by atoms with van der Waals surface area (Å²) in [7, 11) is -3.97. The molecule has 1 heterocycles. The monoisotopic (exact) mass is 388 g/mol. The molecule has 25 heavy (non-hydrogen) atoms. The highest BCUT2D eigenvalue weighted by atomic mass is 32.2. The second-order valence-corrected chi connectivity index (χ2v) is 8.55. The number of carbonyl (C=O) groups excluding carboxylic acids is 1. The number of carbonyl (C=O) groups is 1. The van der Waals surface area contributed by atoms with Gasteiger partial charge in [-0.15, -0.1) is 11.3 Å². The van der Waals surface area contributed by atoms with Gasteiger partial charge in [0.2, 0.25) is 15.7 Å². The Kier molecular flexibility index (Phi) is 5.91. The number of benzene rings is 1. The summed E-state index contributed by atoms with van der Waals surface area (Å²) in [5.41, 5.74) is 5.46. The van der Waals surface area contributed by atoms with E-state index < -0.39 is 40.3 Å². The van der Waals surface area contributed by atoms with Crippen molar-refractivity contribution in [1.82, 2.24) is 0 Å². The van der Waals surface area contributed by atoms with E-state index in [-0.39, 0.29) is 19.7 Å². The zero-order chi connectivity index (χ0) is 18.8. The maximum atomic E-state index is 13.0. The number of sulfone groups is 1. The van der Waals surface area contributed by atoms with Gasteiger partial charge in [-0.25, -0.2) is 12.8 Å². The largest absolute Gasteiger partial charge is 0.396 e. The number of halogens is 1. The number of hydrogen-bond acceptors (Lipinski definition) is 7. The Morgan fingerprint density at radius 1 is 1.36 bits per heavy atom. The molecule has 1 aromatic carbocycles. The van der Waals surface area contributed by atoms with Gasteiger partial charge < -0.3 is 21.3 Å². The van der Waals surface area contributed by atoms with Gasteiger partial charge in [-0.05, 0) is 30.3 Å². The zero-order valence-electron chi connectivity index (χ0n) is 13.1. The third-order valence-electron chi connectivity index (χ3n) is 3.40. The molecule has 2 unspecified atom stereocenters. The van der Waals surface area contributed by atoms with Gasteiger partial charge in [-0.3, -0.25) is 4.79 Å². The molecular formula is C15H17FN2O5S2. The summed E-state index contributed by atoms with van der Waals surface area (Å²) in [5.74, 6) is -1.84. The first-order valence-electron chi connectivity index (χ1n) is 7.16. The second-order valence-electron chi connectivity index (χ2n) is 5.32. The van der Waals surface area contributed by atoms with Crippen LogP contribution in [0.25, 0.3) is 0 Å². The minimum Gasteiger partial charge on any atom is -0.396 e. The Balaban J connectivity index is 2.44. The predicted octanol–water partition coefficient (Wildman–Crippen LogP) is 1.24. The molecule has 0 aliphatic rings. The van der Waals surface area contributed by atoms with Crippen LogP contribution in [0, 0.1) is 11.7 Å². The van der Waals surface area contributed by atoms with Gasteiger partial charge in [0, 0.05) is 5.56 Å². The molecular weight excluding hydrogens is 371 g/mol. The summed E-state index contributed by atoms with van der Waals surface area (Å²) in [4.78, 5) is 11.8. The first kappa shape index (κ1) is 19.5. The lowest BCUT2D eigenvalue weighted by Crippen LogP contribution is -2.23. The summed E-state index contributed by atoms with van der Waals surface area (Å²) >= 11 is 0.715. The van der Waals surface area contributed by atoms with E-state index in [9.17, 15) is 22.7 Å². The van der Waals surface area contributed by atoms with Gasteiger partial charge in [0.25, 0.3) is 0 Å². The summed E-state index contributed by atoms with van der Waals surface area (Å²) in [6, 6.07) is 5.44. The highest BCUT2D eigenvalue weighted by Gasteiger charge is 2.26. The Morgan fingerprint density at radius 2 is 1.96 bits per heavy atom. The topological polar surface area (TPSA) is 130 Å². The van der Waals surface area contributed by atoms with Crippen molar-refractivity contribution >= 4 is 32.1 Å². The molecule has 5 N–H and O–H groups in total. The molecule has 2 aromatic rings. The van der Waals surface area contributed by atoms with E-state index >= 15 is 0 Å². The maximum Gasteiger partial charge on any atom is 0.230 e. The molecule has 0 fully saturated rings. The fourth-order valence-corrected chi connectivity index (χ4v) is 4.70. The van der Waals surface area contributed by atoms with Crippen molar-refractivity contribution < 1.29 is 27.8 Å². The van der Waals surface area contributed by atoms with E-state index in [1.54, 1.807) is 0 Å². The van der Waals surface area contributed by atoms with Crippen LogP contribution in [0.2, 0.25) is 0 Å². The Bertz CT molecular complexity index is 863. The van der Waals surface area contributed by atoms with E-state index in [0.717, 1.165) is 30.3 Å². The third kappa shape index (κ3) is 4.22. The van der Waals surface area contributed by atoms with Crippen LogP contribution in [0.4, 0.5) is 9.39 Å². The van der Waals surface area contributed by atoms with Gasteiger partial charge >= 0.3 is 0 Å². The molecule has 0 saturated heterocycles. The van der Waals surface area contributed by atoms with Crippen molar-refractivity contribution in [2.75, 3.05) is 11.9 Å². The Labute approximate surface area is 147 Å². The standard InChI is InChI=1S/C15H17FN2O5S2/c1-8(7-19)14(21)18-15-11(13(17)20)6-12(24-15)25(22,23)10-4-2-9(16)3-5-10/h2-6,8,13,19-20H,7,17H2,1H3,(H,18,21). The van der Waals surface area contributed by atoms with Gasteiger partial charge in [0.05, 0.1) is 17.4 Å². The zero-order valence-corrected chi connectivity index (χ0v) is 14.8. The van der Waals surface area contributed by atoms with Gasteiger partial charge in [0.1, 0.15) is 21.3 Å². The molecule has 0 bridgehead atoms. The molecule has 10 heteroatoms. The minimum atomic E-state index is -3.97. The lowest BCUT2D eigenvalue weighted by molar-refractivity contribution is -0.120. The summed E-state index contributed by atoms with van der Waals surface area (Å²) in [6.07, 6.45) is -1.51. The normalized spacial score (nSPS) is 14.1. The quantitative estimate of drug-likeness (QED) is 0.435. The number of aliphatic hydroxyl groups is 2. The number of rotatable bonds is 6. The molecule has 1 amide bonds. The molecule has 1 aromatic heterocycles. The number of thiophene rings is 1. The Hall–Kier alpha value is -1.85. The number of aliphatic hydroxyl groups excluding tert-OH is 2. The van der Waals surface area contributed by atoms with Crippen molar-refractivity contribution in [3.63, 3.8) is 0 Å². The van der Waals surface area contributed by atoms with Crippen molar-refractivity contribution in [3.8, 4) is 0 Å². The van der Waals surface area contributed by atoms with E-state index in [1.807, 2.05) is 0 Å². The highest BCUT2D eigenvalue weighted by Crippen LogP contribution is 2.36. The summed E-state index contributed by atoms with van der Waals surface area (Å²) in [5, 5.41) is 21.2. The number of nitrogens with two attached hydrogens (primary N) is 1. The van der Waals surface area contributed by atoms with E-state index in [0.29, 0.717) is 11.3 Å². The number of hydrogen-bond donors (Lipinski definition) is 4. The molecule has 7 nitrogen and oxygen atoms in total. The maximum absolute atomic E-state index is 13.0. The van der Waals surface area contributed by atoms with Gasteiger partial charge in [0.15, 0.2) is 0 Å². The number of anilines is 1. The van der Waals surface area contributed by atoms with Crippen molar-refractivity contribution in [1.29, 1.82) is 0 Å². The van der Waals surface area contributed by atoms with E-state index in [2.05, 4.69) is 5.32 Å².